The van der Waals surface area contributed by atoms with Crippen molar-refractivity contribution in [3.05, 3.63) is 50.6 Å². The summed E-state index contributed by atoms with van der Waals surface area (Å²) in [5.74, 6) is 0. The number of halogens is 1. The second kappa shape index (κ2) is 5.67. The van der Waals surface area contributed by atoms with Crippen LogP contribution in [0.1, 0.15) is 10.4 Å². The first-order valence-corrected chi connectivity index (χ1v) is 7.07. The van der Waals surface area contributed by atoms with E-state index in [4.69, 9.17) is 5.73 Å². The minimum Gasteiger partial charge on any atom is -0.398 e. The van der Waals surface area contributed by atoms with E-state index in [2.05, 4.69) is 51.5 Å². The molecule has 0 saturated heterocycles. The molecule has 0 fully saturated rings. The van der Waals surface area contributed by atoms with Crippen LogP contribution in [-0.4, -0.2) is 11.9 Å². The van der Waals surface area contributed by atoms with Crippen LogP contribution in [0.2, 0.25) is 0 Å². The molecule has 2 rings (SSSR count). The molecule has 1 aromatic carbocycles. The molecule has 0 aliphatic carbocycles. The zero-order valence-corrected chi connectivity index (χ0v) is 12.1. The Morgan fingerprint density at radius 1 is 1.29 bits per heavy atom. The molecular weight excluding hydrogens is 296 g/mol. The third-order valence-electron chi connectivity index (χ3n) is 2.52. The monoisotopic (exact) mass is 310 g/mol. The summed E-state index contributed by atoms with van der Waals surface area (Å²) in [6.45, 7) is 1.89. The van der Waals surface area contributed by atoms with Crippen LogP contribution in [0, 0.1) is 0 Å². The fourth-order valence-electron chi connectivity index (χ4n) is 1.73. The summed E-state index contributed by atoms with van der Waals surface area (Å²) in [4.78, 5) is 3.67. The molecule has 2 N–H and O–H groups in total. The fraction of sp³-hybridized carbons (Fsp3) is 0.231. The van der Waals surface area contributed by atoms with E-state index in [0.717, 1.165) is 23.2 Å². The first kappa shape index (κ1) is 12.6. The van der Waals surface area contributed by atoms with Gasteiger partial charge in [0.05, 0.1) is 0 Å². The SMILES string of the molecule is CN(Cc1ccc(Br)c(N)c1)Cc1cccs1. The number of nitrogen functional groups attached to an aromatic ring is 1. The number of hydrogen-bond donors (Lipinski definition) is 1. The predicted molar refractivity (Wildman–Crippen MR) is 78.0 cm³/mol. The molecule has 0 amide bonds. The van der Waals surface area contributed by atoms with E-state index in [1.807, 2.05) is 12.1 Å². The summed E-state index contributed by atoms with van der Waals surface area (Å²) in [5, 5.41) is 2.11. The lowest BCUT2D eigenvalue weighted by molar-refractivity contribution is 0.322. The summed E-state index contributed by atoms with van der Waals surface area (Å²) >= 11 is 5.20. The van der Waals surface area contributed by atoms with Crippen LogP contribution in [-0.2, 0) is 13.1 Å². The van der Waals surface area contributed by atoms with Crippen molar-refractivity contribution >= 4 is 33.0 Å². The van der Waals surface area contributed by atoms with Gasteiger partial charge in [0.25, 0.3) is 0 Å². The van der Waals surface area contributed by atoms with Gasteiger partial charge in [-0.15, -0.1) is 11.3 Å². The van der Waals surface area contributed by atoms with Gasteiger partial charge in [0.2, 0.25) is 0 Å². The normalized spacial score (nSPS) is 11.0. The Kier molecular flexibility index (Phi) is 4.20. The molecule has 1 aromatic heterocycles. The van der Waals surface area contributed by atoms with Crippen molar-refractivity contribution in [2.75, 3.05) is 12.8 Å². The Hall–Kier alpha value is -0.840. The fourth-order valence-corrected chi connectivity index (χ4v) is 2.76. The number of thiophene rings is 1. The molecule has 0 spiro atoms. The Bertz CT molecular complexity index is 482. The molecule has 4 heteroatoms. The number of rotatable bonds is 4. The highest BCUT2D eigenvalue weighted by molar-refractivity contribution is 9.10. The highest BCUT2D eigenvalue weighted by Gasteiger charge is 2.04. The maximum absolute atomic E-state index is 5.87. The van der Waals surface area contributed by atoms with Crippen molar-refractivity contribution in [2.24, 2.45) is 0 Å². The van der Waals surface area contributed by atoms with Gasteiger partial charge in [-0.2, -0.15) is 0 Å². The predicted octanol–water partition coefficient (Wildman–Crippen LogP) is 3.72. The molecule has 0 saturated carbocycles. The smallest absolute Gasteiger partial charge is 0.0461 e. The van der Waals surface area contributed by atoms with Gasteiger partial charge in [0, 0.05) is 28.1 Å². The number of nitrogens with zero attached hydrogens (tertiary/aromatic N) is 1. The average molecular weight is 311 g/mol. The van der Waals surface area contributed by atoms with E-state index in [9.17, 15) is 0 Å². The Labute approximate surface area is 114 Å². The van der Waals surface area contributed by atoms with Gasteiger partial charge in [-0.25, -0.2) is 0 Å². The first-order chi connectivity index (χ1) is 8.15. The first-order valence-electron chi connectivity index (χ1n) is 5.40. The molecule has 0 aliphatic rings. The standard InChI is InChI=1S/C13H15BrN2S/c1-16(9-11-3-2-6-17-11)8-10-4-5-12(14)13(15)7-10/h2-7H,8-9,15H2,1H3. The van der Waals surface area contributed by atoms with Crippen LogP contribution in [0.3, 0.4) is 0 Å². The third-order valence-corrected chi connectivity index (χ3v) is 4.10. The lowest BCUT2D eigenvalue weighted by atomic mass is 10.2. The van der Waals surface area contributed by atoms with Crippen LogP contribution < -0.4 is 5.73 Å². The van der Waals surface area contributed by atoms with E-state index in [1.54, 1.807) is 11.3 Å². The van der Waals surface area contributed by atoms with Crippen molar-refractivity contribution in [3.63, 3.8) is 0 Å². The molecule has 17 heavy (non-hydrogen) atoms. The Balaban J connectivity index is 1.98. The number of benzene rings is 1. The number of nitrogens with two attached hydrogens (primary N) is 1. The van der Waals surface area contributed by atoms with Crippen LogP contribution in [0.25, 0.3) is 0 Å². The molecule has 2 aromatic rings. The van der Waals surface area contributed by atoms with Gasteiger partial charge < -0.3 is 5.73 Å². The summed E-state index contributed by atoms with van der Waals surface area (Å²) in [7, 11) is 2.12. The highest BCUT2D eigenvalue weighted by atomic mass is 79.9. The van der Waals surface area contributed by atoms with Crippen LogP contribution in [0.4, 0.5) is 5.69 Å². The van der Waals surface area contributed by atoms with Gasteiger partial charge in [0.1, 0.15) is 0 Å². The van der Waals surface area contributed by atoms with E-state index < -0.39 is 0 Å². The van der Waals surface area contributed by atoms with Crippen LogP contribution in [0.15, 0.2) is 40.2 Å². The lowest BCUT2D eigenvalue weighted by Gasteiger charge is -2.16. The summed E-state index contributed by atoms with van der Waals surface area (Å²) in [6.07, 6.45) is 0. The lowest BCUT2D eigenvalue weighted by Crippen LogP contribution is -2.16. The van der Waals surface area contributed by atoms with Gasteiger partial charge in [-0.1, -0.05) is 12.1 Å². The van der Waals surface area contributed by atoms with E-state index in [-0.39, 0.29) is 0 Å². The van der Waals surface area contributed by atoms with Gasteiger partial charge in [0.15, 0.2) is 0 Å². The minimum atomic E-state index is 0.798. The number of hydrogen-bond acceptors (Lipinski definition) is 3. The van der Waals surface area contributed by atoms with Crippen molar-refractivity contribution in [1.29, 1.82) is 0 Å². The molecular formula is C13H15BrN2S. The molecule has 1 heterocycles. The average Bonchev–Trinajstić information content (AvgIpc) is 2.76. The van der Waals surface area contributed by atoms with E-state index in [1.165, 1.54) is 10.4 Å². The quantitative estimate of drug-likeness (QED) is 0.872. The van der Waals surface area contributed by atoms with Gasteiger partial charge in [-0.3, -0.25) is 4.90 Å². The van der Waals surface area contributed by atoms with E-state index in [0.29, 0.717) is 0 Å². The topological polar surface area (TPSA) is 29.3 Å². The maximum Gasteiger partial charge on any atom is 0.0461 e. The van der Waals surface area contributed by atoms with Crippen LogP contribution >= 0.6 is 27.3 Å². The molecule has 0 unspecified atom stereocenters. The molecule has 90 valence electrons. The molecule has 0 radical (unpaired) electrons. The highest BCUT2D eigenvalue weighted by Crippen LogP contribution is 2.21. The van der Waals surface area contributed by atoms with Gasteiger partial charge in [-0.05, 0) is 52.1 Å². The Morgan fingerprint density at radius 2 is 2.12 bits per heavy atom. The maximum atomic E-state index is 5.87. The van der Waals surface area contributed by atoms with E-state index >= 15 is 0 Å². The molecule has 0 bridgehead atoms. The molecule has 0 aliphatic heterocycles. The van der Waals surface area contributed by atoms with Crippen molar-refractivity contribution in [1.82, 2.24) is 4.90 Å². The minimum absolute atomic E-state index is 0.798. The summed E-state index contributed by atoms with van der Waals surface area (Å²) in [6, 6.07) is 10.4. The summed E-state index contributed by atoms with van der Waals surface area (Å²) in [5.41, 5.74) is 7.91. The van der Waals surface area contributed by atoms with Crippen molar-refractivity contribution in [3.8, 4) is 0 Å². The summed E-state index contributed by atoms with van der Waals surface area (Å²) < 4.78 is 0.960. The zero-order chi connectivity index (χ0) is 12.3. The largest absolute Gasteiger partial charge is 0.398 e. The van der Waals surface area contributed by atoms with Crippen molar-refractivity contribution < 1.29 is 0 Å². The second-order valence-corrected chi connectivity index (χ2v) is 5.99. The van der Waals surface area contributed by atoms with Crippen LogP contribution in [0.5, 0.6) is 0 Å². The number of anilines is 1. The Morgan fingerprint density at radius 3 is 2.76 bits per heavy atom. The molecule has 2 nitrogen and oxygen atoms in total. The van der Waals surface area contributed by atoms with Crippen molar-refractivity contribution in [2.45, 2.75) is 13.1 Å². The van der Waals surface area contributed by atoms with Gasteiger partial charge >= 0.3 is 0 Å². The second-order valence-electron chi connectivity index (χ2n) is 4.11. The third kappa shape index (κ3) is 3.56. The zero-order valence-electron chi connectivity index (χ0n) is 9.69. The molecule has 0 atom stereocenters.